The molecular weight excluding hydrogens is 444 g/mol. The van der Waals surface area contributed by atoms with E-state index in [1.165, 1.54) is 22.3 Å². The van der Waals surface area contributed by atoms with Gasteiger partial charge in [-0.3, -0.25) is 0 Å². The quantitative estimate of drug-likeness (QED) is 0.191. The third-order valence-corrected chi connectivity index (χ3v) is 5.92. The zero-order chi connectivity index (χ0) is 24.7. The lowest BCUT2D eigenvalue weighted by Gasteiger charge is -2.10. The maximum absolute atomic E-state index is 5.89. The molecule has 4 aromatic carbocycles. The minimum atomic E-state index is 0.695. The summed E-state index contributed by atoms with van der Waals surface area (Å²) in [6.45, 7) is 4.83. The second-order valence-electron chi connectivity index (χ2n) is 8.87. The lowest BCUT2D eigenvalue weighted by Crippen LogP contribution is -2.12. The van der Waals surface area contributed by atoms with Crippen molar-refractivity contribution in [1.82, 2.24) is 10.6 Å². The van der Waals surface area contributed by atoms with E-state index in [0.29, 0.717) is 13.2 Å². The van der Waals surface area contributed by atoms with E-state index < -0.39 is 0 Å². The molecule has 0 saturated carbocycles. The fraction of sp³-hybridized carbons (Fsp3) is 0.250. The molecule has 0 atom stereocenters. The lowest BCUT2D eigenvalue weighted by atomic mass is 10.2. The second-order valence-corrected chi connectivity index (χ2v) is 8.87. The van der Waals surface area contributed by atoms with Gasteiger partial charge in [0.15, 0.2) is 0 Å². The highest BCUT2D eigenvalue weighted by atomic mass is 16.5. The molecular formula is C32H36N2O2. The largest absolute Gasteiger partial charge is 0.494 e. The average molecular weight is 481 g/mol. The van der Waals surface area contributed by atoms with E-state index in [4.69, 9.17) is 9.47 Å². The van der Waals surface area contributed by atoms with Gasteiger partial charge >= 0.3 is 0 Å². The van der Waals surface area contributed by atoms with Gasteiger partial charge in [-0.15, -0.1) is 0 Å². The summed E-state index contributed by atoms with van der Waals surface area (Å²) < 4.78 is 11.8. The van der Waals surface area contributed by atoms with E-state index in [1.54, 1.807) is 0 Å². The van der Waals surface area contributed by atoms with Gasteiger partial charge < -0.3 is 20.1 Å². The minimum Gasteiger partial charge on any atom is -0.494 e. The van der Waals surface area contributed by atoms with Crippen LogP contribution in [0.2, 0.25) is 0 Å². The van der Waals surface area contributed by atoms with Crippen LogP contribution in [0.1, 0.15) is 35.1 Å². The summed E-state index contributed by atoms with van der Waals surface area (Å²) >= 11 is 0. The molecule has 0 aliphatic rings. The van der Waals surface area contributed by atoms with Gasteiger partial charge in [0.25, 0.3) is 0 Å². The predicted octanol–water partition coefficient (Wildman–Crippen LogP) is 6.50. The molecule has 2 N–H and O–H groups in total. The van der Waals surface area contributed by atoms with Crippen LogP contribution < -0.4 is 20.1 Å². The SMILES string of the molecule is c1ccc(CNCc2ccc(OCCCCOc3ccc(CNCc4ccccc4)cc3)cc2)cc1. The zero-order valence-corrected chi connectivity index (χ0v) is 20.9. The van der Waals surface area contributed by atoms with Gasteiger partial charge in [0.1, 0.15) is 11.5 Å². The van der Waals surface area contributed by atoms with Crippen LogP contribution in [-0.4, -0.2) is 13.2 Å². The highest BCUT2D eigenvalue weighted by Gasteiger charge is 1.99. The van der Waals surface area contributed by atoms with Crippen LogP contribution in [0.25, 0.3) is 0 Å². The molecule has 0 radical (unpaired) electrons. The summed E-state index contributed by atoms with van der Waals surface area (Å²) in [5.74, 6) is 1.83. The third-order valence-electron chi connectivity index (χ3n) is 5.92. The second kappa shape index (κ2) is 14.7. The summed E-state index contributed by atoms with van der Waals surface area (Å²) in [6.07, 6.45) is 1.92. The van der Waals surface area contributed by atoms with Crippen molar-refractivity contribution >= 4 is 0 Å². The van der Waals surface area contributed by atoms with Crippen molar-refractivity contribution in [2.24, 2.45) is 0 Å². The van der Waals surface area contributed by atoms with Gasteiger partial charge in [-0.2, -0.15) is 0 Å². The summed E-state index contributed by atoms with van der Waals surface area (Å²) in [6, 6.07) is 37.6. The Morgan fingerprint density at radius 1 is 0.389 bits per heavy atom. The number of rotatable bonds is 15. The first-order valence-electron chi connectivity index (χ1n) is 12.8. The van der Waals surface area contributed by atoms with Crippen molar-refractivity contribution in [3.8, 4) is 11.5 Å². The van der Waals surface area contributed by atoms with E-state index in [1.807, 2.05) is 36.4 Å². The zero-order valence-electron chi connectivity index (χ0n) is 20.9. The molecule has 4 rings (SSSR count). The van der Waals surface area contributed by atoms with Crippen molar-refractivity contribution in [3.05, 3.63) is 131 Å². The number of ether oxygens (including phenoxy) is 2. The Bertz CT molecular complexity index is 1020. The minimum absolute atomic E-state index is 0.695. The van der Waals surface area contributed by atoms with Crippen molar-refractivity contribution < 1.29 is 9.47 Å². The van der Waals surface area contributed by atoms with Crippen molar-refractivity contribution in [2.45, 2.75) is 39.0 Å². The summed E-state index contributed by atoms with van der Waals surface area (Å²) in [5, 5.41) is 6.95. The molecule has 4 aromatic rings. The standard InChI is InChI=1S/C32H36N2O2/c1-3-9-27(10-4-1)23-33-25-29-13-17-31(18-14-29)35-21-7-8-22-36-32-19-15-30(16-20-32)26-34-24-28-11-5-2-6-12-28/h1-6,9-20,33-34H,7-8,21-26H2. The molecule has 0 unspecified atom stereocenters. The molecule has 4 nitrogen and oxygen atoms in total. The van der Waals surface area contributed by atoms with Crippen molar-refractivity contribution in [1.29, 1.82) is 0 Å². The van der Waals surface area contributed by atoms with Crippen LogP contribution in [0.15, 0.2) is 109 Å². The Kier molecular flexibility index (Phi) is 10.4. The van der Waals surface area contributed by atoms with Crippen molar-refractivity contribution in [3.63, 3.8) is 0 Å². The van der Waals surface area contributed by atoms with Crippen molar-refractivity contribution in [2.75, 3.05) is 13.2 Å². The molecule has 186 valence electrons. The fourth-order valence-electron chi connectivity index (χ4n) is 3.89. The van der Waals surface area contributed by atoms with Gasteiger partial charge in [-0.05, 0) is 59.4 Å². The first-order chi connectivity index (χ1) is 17.8. The van der Waals surface area contributed by atoms with Crippen LogP contribution in [0.5, 0.6) is 11.5 Å². The molecule has 0 spiro atoms. The molecule has 36 heavy (non-hydrogen) atoms. The van der Waals surface area contributed by atoms with Gasteiger partial charge in [0.05, 0.1) is 13.2 Å². The summed E-state index contributed by atoms with van der Waals surface area (Å²) in [5.41, 5.74) is 5.10. The Morgan fingerprint density at radius 2 is 0.722 bits per heavy atom. The van der Waals surface area contributed by atoms with Gasteiger partial charge in [-0.1, -0.05) is 84.9 Å². The first-order valence-corrected chi connectivity index (χ1v) is 12.8. The van der Waals surface area contributed by atoms with E-state index in [2.05, 4.69) is 83.4 Å². The van der Waals surface area contributed by atoms with E-state index in [0.717, 1.165) is 50.5 Å². The van der Waals surface area contributed by atoms with E-state index in [9.17, 15) is 0 Å². The molecule has 0 bridgehead atoms. The third kappa shape index (κ3) is 9.21. The number of hydrogen-bond donors (Lipinski definition) is 2. The molecule has 0 aliphatic carbocycles. The number of hydrogen-bond acceptors (Lipinski definition) is 4. The first kappa shape index (κ1) is 25.5. The number of unbranched alkanes of at least 4 members (excludes halogenated alkanes) is 1. The molecule has 0 saturated heterocycles. The highest BCUT2D eigenvalue weighted by Crippen LogP contribution is 2.15. The summed E-state index contributed by atoms with van der Waals surface area (Å²) in [7, 11) is 0. The van der Waals surface area contributed by atoms with Crippen LogP contribution in [0, 0.1) is 0 Å². The molecule has 0 aliphatic heterocycles. The summed E-state index contributed by atoms with van der Waals surface area (Å²) in [4.78, 5) is 0. The highest BCUT2D eigenvalue weighted by molar-refractivity contribution is 5.28. The van der Waals surface area contributed by atoms with Gasteiger partial charge in [0, 0.05) is 26.2 Å². The molecule has 0 amide bonds. The van der Waals surface area contributed by atoms with Crippen LogP contribution >= 0.6 is 0 Å². The van der Waals surface area contributed by atoms with Crippen LogP contribution in [0.3, 0.4) is 0 Å². The van der Waals surface area contributed by atoms with E-state index >= 15 is 0 Å². The average Bonchev–Trinajstić information content (AvgIpc) is 2.93. The Morgan fingerprint density at radius 3 is 1.08 bits per heavy atom. The topological polar surface area (TPSA) is 42.5 Å². The molecule has 0 heterocycles. The maximum Gasteiger partial charge on any atom is 0.119 e. The molecule has 0 fully saturated rings. The molecule has 0 aromatic heterocycles. The van der Waals surface area contributed by atoms with Crippen LogP contribution in [-0.2, 0) is 26.2 Å². The molecule has 4 heteroatoms. The fourth-order valence-corrected chi connectivity index (χ4v) is 3.89. The smallest absolute Gasteiger partial charge is 0.119 e. The Balaban J connectivity index is 1.04. The Hall–Kier alpha value is -3.60. The van der Waals surface area contributed by atoms with Gasteiger partial charge in [-0.25, -0.2) is 0 Å². The van der Waals surface area contributed by atoms with Gasteiger partial charge in [0.2, 0.25) is 0 Å². The van der Waals surface area contributed by atoms with E-state index in [-0.39, 0.29) is 0 Å². The predicted molar refractivity (Wildman–Crippen MR) is 147 cm³/mol. The maximum atomic E-state index is 5.89. The number of nitrogens with one attached hydrogen (secondary N) is 2. The van der Waals surface area contributed by atoms with Crippen LogP contribution in [0.4, 0.5) is 0 Å². The Labute approximate surface area is 215 Å². The normalized spacial score (nSPS) is 10.8. The number of benzene rings is 4. The lowest BCUT2D eigenvalue weighted by molar-refractivity contribution is 0.266. The monoisotopic (exact) mass is 480 g/mol.